The van der Waals surface area contributed by atoms with Gasteiger partial charge >= 0.3 is 0 Å². The van der Waals surface area contributed by atoms with Gasteiger partial charge in [-0.3, -0.25) is 14.3 Å². The maximum atomic E-state index is 12.7. The molecule has 0 aliphatic carbocycles. The van der Waals surface area contributed by atoms with Crippen molar-refractivity contribution in [1.29, 1.82) is 0 Å². The zero-order chi connectivity index (χ0) is 21.7. The molecule has 0 unspecified atom stereocenters. The van der Waals surface area contributed by atoms with E-state index in [0.29, 0.717) is 16.9 Å². The van der Waals surface area contributed by atoms with Crippen molar-refractivity contribution in [2.45, 2.75) is 11.8 Å². The summed E-state index contributed by atoms with van der Waals surface area (Å²) in [6.45, 7) is 1.87. The largest absolute Gasteiger partial charge is 0.355 e. The van der Waals surface area contributed by atoms with Crippen LogP contribution in [0.25, 0.3) is 0 Å². The second-order valence-electron chi connectivity index (χ2n) is 6.61. The summed E-state index contributed by atoms with van der Waals surface area (Å²) in [7, 11) is -2.32. The summed E-state index contributed by atoms with van der Waals surface area (Å²) in [4.78, 5) is 24.1. The number of aryl methyl sites for hydroxylation is 1. The van der Waals surface area contributed by atoms with Crippen LogP contribution >= 0.6 is 0 Å². The first-order chi connectivity index (χ1) is 14.3. The van der Waals surface area contributed by atoms with E-state index < -0.39 is 15.9 Å². The van der Waals surface area contributed by atoms with Crippen LogP contribution in [-0.2, 0) is 10.0 Å². The van der Waals surface area contributed by atoms with E-state index in [9.17, 15) is 18.0 Å². The Balaban J connectivity index is 1.77. The van der Waals surface area contributed by atoms with E-state index in [1.165, 1.54) is 31.3 Å². The Labute approximate surface area is 175 Å². The van der Waals surface area contributed by atoms with Gasteiger partial charge in [-0.05, 0) is 67.1 Å². The average Bonchev–Trinajstić information content (AvgIpc) is 2.73. The highest BCUT2D eigenvalue weighted by Gasteiger charge is 2.17. The SMILES string of the molecule is CNC(=O)c1ccc(NC(=O)c2cccc(S(=O)(=O)Nc3cccc(C)c3)c2)cc1. The highest BCUT2D eigenvalue weighted by Crippen LogP contribution is 2.19. The Kier molecular flexibility index (Phi) is 6.17. The van der Waals surface area contributed by atoms with Crippen molar-refractivity contribution in [3.8, 4) is 0 Å². The van der Waals surface area contributed by atoms with Crippen molar-refractivity contribution in [2.75, 3.05) is 17.1 Å². The highest BCUT2D eigenvalue weighted by molar-refractivity contribution is 7.92. The molecular weight excluding hydrogens is 402 g/mol. The van der Waals surface area contributed by atoms with Crippen LogP contribution in [0.3, 0.4) is 0 Å². The molecule has 8 heteroatoms. The van der Waals surface area contributed by atoms with Crippen molar-refractivity contribution in [3.05, 3.63) is 89.5 Å². The summed E-state index contributed by atoms with van der Waals surface area (Å²) in [5, 5.41) is 5.21. The standard InChI is InChI=1S/C22H21N3O4S/c1-15-5-3-7-19(13-15)25-30(28,29)20-8-4-6-17(14-20)22(27)24-18-11-9-16(10-12-18)21(26)23-2/h3-14,25H,1-2H3,(H,23,26)(H,24,27). The number of carbonyl (C=O) groups excluding carboxylic acids is 2. The van der Waals surface area contributed by atoms with E-state index in [1.54, 1.807) is 42.5 Å². The molecule has 0 heterocycles. The number of rotatable bonds is 6. The molecule has 0 aliphatic heterocycles. The molecule has 30 heavy (non-hydrogen) atoms. The molecule has 0 atom stereocenters. The molecular formula is C22H21N3O4S. The Morgan fingerprint density at radius 2 is 1.47 bits per heavy atom. The van der Waals surface area contributed by atoms with Crippen LogP contribution in [0.4, 0.5) is 11.4 Å². The van der Waals surface area contributed by atoms with Crippen LogP contribution in [0.5, 0.6) is 0 Å². The van der Waals surface area contributed by atoms with Crippen LogP contribution in [0.2, 0.25) is 0 Å². The van der Waals surface area contributed by atoms with Gasteiger partial charge in [-0.1, -0.05) is 18.2 Å². The van der Waals surface area contributed by atoms with Crippen LogP contribution in [-0.4, -0.2) is 27.3 Å². The first-order valence-corrected chi connectivity index (χ1v) is 10.6. The van der Waals surface area contributed by atoms with Crippen molar-refractivity contribution in [3.63, 3.8) is 0 Å². The Hall–Kier alpha value is -3.65. The van der Waals surface area contributed by atoms with Crippen molar-refractivity contribution in [1.82, 2.24) is 5.32 Å². The van der Waals surface area contributed by atoms with Crippen LogP contribution < -0.4 is 15.4 Å². The molecule has 154 valence electrons. The van der Waals surface area contributed by atoms with Crippen molar-refractivity contribution < 1.29 is 18.0 Å². The number of hydrogen-bond acceptors (Lipinski definition) is 4. The molecule has 3 N–H and O–H groups in total. The van der Waals surface area contributed by atoms with E-state index in [-0.39, 0.29) is 16.4 Å². The third-order valence-electron chi connectivity index (χ3n) is 4.31. The minimum Gasteiger partial charge on any atom is -0.355 e. The van der Waals surface area contributed by atoms with Crippen LogP contribution in [0, 0.1) is 6.92 Å². The lowest BCUT2D eigenvalue weighted by Gasteiger charge is -2.10. The minimum absolute atomic E-state index is 0.0216. The molecule has 0 saturated carbocycles. The molecule has 0 spiro atoms. The van der Waals surface area contributed by atoms with E-state index in [2.05, 4.69) is 15.4 Å². The second-order valence-corrected chi connectivity index (χ2v) is 8.30. The number of amides is 2. The summed E-state index contributed by atoms with van der Waals surface area (Å²) in [6.07, 6.45) is 0. The minimum atomic E-state index is -3.85. The van der Waals surface area contributed by atoms with E-state index >= 15 is 0 Å². The second kappa shape index (κ2) is 8.79. The Morgan fingerprint density at radius 3 is 2.13 bits per heavy atom. The normalized spacial score (nSPS) is 10.9. The van der Waals surface area contributed by atoms with Crippen molar-refractivity contribution >= 4 is 33.2 Å². The number of benzene rings is 3. The van der Waals surface area contributed by atoms with Crippen LogP contribution in [0.1, 0.15) is 26.3 Å². The quantitative estimate of drug-likeness (QED) is 0.565. The Bertz CT molecular complexity index is 1190. The van der Waals surface area contributed by atoms with Gasteiger partial charge in [0.05, 0.1) is 4.90 Å². The molecule has 7 nitrogen and oxygen atoms in total. The zero-order valence-corrected chi connectivity index (χ0v) is 17.3. The summed E-state index contributed by atoms with van der Waals surface area (Å²) >= 11 is 0. The topological polar surface area (TPSA) is 104 Å². The van der Waals surface area contributed by atoms with Gasteiger partial charge in [0.15, 0.2) is 0 Å². The lowest BCUT2D eigenvalue weighted by Crippen LogP contribution is -2.18. The third kappa shape index (κ3) is 5.03. The van der Waals surface area contributed by atoms with Gasteiger partial charge in [-0.2, -0.15) is 0 Å². The fourth-order valence-electron chi connectivity index (χ4n) is 2.78. The molecule has 0 fully saturated rings. The number of anilines is 2. The predicted octanol–water partition coefficient (Wildman–Crippen LogP) is 3.41. The highest BCUT2D eigenvalue weighted by atomic mass is 32.2. The lowest BCUT2D eigenvalue weighted by molar-refractivity contribution is 0.0962. The molecule has 0 saturated heterocycles. The summed E-state index contributed by atoms with van der Waals surface area (Å²) < 4.78 is 27.9. The van der Waals surface area contributed by atoms with Gasteiger partial charge < -0.3 is 10.6 Å². The maximum absolute atomic E-state index is 12.7. The first-order valence-electron chi connectivity index (χ1n) is 9.11. The average molecular weight is 423 g/mol. The number of carbonyl (C=O) groups is 2. The summed E-state index contributed by atoms with van der Waals surface area (Å²) in [6, 6.07) is 19.1. The van der Waals surface area contributed by atoms with Gasteiger partial charge in [-0.25, -0.2) is 8.42 Å². The maximum Gasteiger partial charge on any atom is 0.261 e. The molecule has 3 rings (SSSR count). The van der Waals surface area contributed by atoms with Gasteiger partial charge in [0.2, 0.25) is 0 Å². The molecule has 0 aliphatic rings. The molecule has 3 aromatic carbocycles. The first kappa shape index (κ1) is 21.1. The third-order valence-corrected chi connectivity index (χ3v) is 5.69. The number of sulfonamides is 1. The zero-order valence-electron chi connectivity index (χ0n) is 16.5. The van der Waals surface area contributed by atoms with Crippen molar-refractivity contribution in [2.24, 2.45) is 0 Å². The summed E-state index contributed by atoms with van der Waals surface area (Å²) in [5.41, 5.74) is 2.51. The van der Waals surface area contributed by atoms with Gasteiger partial charge in [0.25, 0.3) is 21.8 Å². The summed E-state index contributed by atoms with van der Waals surface area (Å²) in [5.74, 6) is -0.692. The fourth-order valence-corrected chi connectivity index (χ4v) is 3.87. The lowest BCUT2D eigenvalue weighted by atomic mass is 10.1. The van der Waals surface area contributed by atoms with Gasteiger partial charge in [-0.15, -0.1) is 0 Å². The van der Waals surface area contributed by atoms with Gasteiger partial charge in [0, 0.05) is 29.5 Å². The number of hydrogen-bond donors (Lipinski definition) is 3. The monoisotopic (exact) mass is 423 g/mol. The van der Waals surface area contributed by atoms with E-state index in [0.717, 1.165) is 5.56 Å². The predicted molar refractivity (Wildman–Crippen MR) is 116 cm³/mol. The molecule has 2 amide bonds. The van der Waals surface area contributed by atoms with Gasteiger partial charge in [0.1, 0.15) is 0 Å². The van der Waals surface area contributed by atoms with E-state index in [1.807, 2.05) is 13.0 Å². The fraction of sp³-hybridized carbons (Fsp3) is 0.0909. The molecule has 0 bridgehead atoms. The molecule has 0 radical (unpaired) electrons. The van der Waals surface area contributed by atoms with E-state index in [4.69, 9.17) is 0 Å². The molecule has 0 aromatic heterocycles. The smallest absolute Gasteiger partial charge is 0.261 e. The molecule has 3 aromatic rings. The number of nitrogens with one attached hydrogen (secondary N) is 3. The van der Waals surface area contributed by atoms with Crippen LogP contribution in [0.15, 0.2) is 77.7 Å². The Morgan fingerprint density at radius 1 is 0.767 bits per heavy atom.